The van der Waals surface area contributed by atoms with Crippen molar-refractivity contribution in [3.8, 4) is 0 Å². The summed E-state index contributed by atoms with van der Waals surface area (Å²) < 4.78 is 5.50. The van der Waals surface area contributed by atoms with Crippen molar-refractivity contribution in [2.75, 3.05) is 53.3 Å². The van der Waals surface area contributed by atoms with E-state index in [0.29, 0.717) is 29.7 Å². The lowest BCUT2D eigenvalue weighted by atomic mass is 9.87. The van der Waals surface area contributed by atoms with Gasteiger partial charge in [-0.2, -0.15) is 11.8 Å². The average Bonchev–Trinajstić information content (AvgIpc) is 3.64. The largest absolute Gasteiger partial charge is 0.400 e. The number of nitrogens with zero attached hydrogens (tertiary/aromatic N) is 2. The fourth-order valence-corrected chi connectivity index (χ4v) is 5.24. The zero-order valence-electron chi connectivity index (χ0n) is 21.2. The van der Waals surface area contributed by atoms with Crippen LogP contribution in [0.5, 0.6) is 0 Å². The molecule has 1 amide bonds. The van der Waals surface area contributed by atoms with E-state index in [-0.39, 0.29) is 11.8 Å². The predicted molar refractivity (Wildman–Crippen MR) is 143 cm³/mol. The number of hydrogen-bond donors (Lipinski definition) is 3. The number of aliphatic hydroxyl groups is 1. The van der Waals surface area contributed by atoms with Gasteiger partial charge < -0.3 is 25.4 Å². The number of carbonyl (C=O) groups excluding carboxylic acids is 1. The molecular formula is C26H44N4O3S. The first-order valence-corrected chi connectivity index (χ1v) is 13.7. The minimum atomic E-state index is -0.110. The Hall–Kier alpha value is -1.61. The van der Waals surface area contributed by atoms with E-state index in [1.807, 2.05) is 37.0 Å². The fraction of sp³-hybridized carbons (Fsp3) is 0.692. The maximum Gasteiger partial charge on any atom is 0.234 e. The number of allylic oxidation sites excluding steroid dienone is 2. The van der Waals surface area contributed by atoms with E-state index in [1.54, 1.807) is 0 Å². The number of thioether (sulfide) groups is 1. The molecule has 192 valence electrons. The minimum absolute atomic E-state index is 0.0324. The van der Waals surface area contributed by atoms with Crippen molar-refractivity contribution >= 4 is 24.4 Å². The monoisotopic (exact) mass is 492 g/mol. The molecule has 1 saturated heterocycles. The lowest BCUT2D eigenvalue weighted by molar-refractivity contribution is -0.124. The number of amides is 1. The van der Waals surface area contributed by atoms with Crippen LogP contribution < -0.4 is 10.6 Å². The van der Waals surface area contributed by atoms with Crippen molar-refractivity contribution in [1.82, 2.24) is 15.5 Å². The normalized spacial score (nSPS) is 23.8. The van der Waals surface area contributed by atoms with Crippen LogP contribution in [-0.4, -0.2) is 81.1 Å². The van der Waals surface area contributed by atoms with Gasteiger partial charge in [0.15, 0.2) is 0 Å². The van der Waals surface area contributed by atoms with Gasteiger partial charge in [-0.3, -0.25) is 4.79 Å². The van der Waals surface area contributed by atoms with E-state index in [4.69, 9.17) is 9.84 Å². The number of nitrogens with one attached hydrogen (secondary N) is 2. The quantitative estimate of drug-likeness (QED) is 0.220. The number of piperidine rings is 1. The van der Waals surface area contributed by atoms with Gasteiger partial charge in [-0.15, -0.1) is 0 Å². The molecule has 0 bridgehead atoms. The summed E-state index contributed by atoms with van der Waals surface area (Å²) in [6.07, 6.45) is 18.3. The molecule has 1 aliphatic heterocycles. The minimum Gasteiger partial charge on any atom is -0.400 e. The maximum atomic E-state index is 13.2. The van der Waals surface area contributed by atoms with Gasteiger partial charge in [-0.05, 0) is 76.5 Å². The summed E-state index contributed by atoms with van der Waals surface area (Å²) in [5, 5.41) is 13.6. The van der Waals surface area contributed by atoms with Gasteiger partial charge in [0.1, 0.15) is 5.82 Å². The molecule has 3 N–H and O–H groups in total. The smallest absolute Gasteiger partial charge is 0.234 e. The van der Waals surface area contributed by atoms with Crippen LogP contribution in [0.4, 0.5) is 0 Å². The third kappa shape index (κ3) is 8.87. The molecule has 0 aromatic carbocycles. The first kappa shape index (κ1) is 28.6. The molecular weight excluding hydrogens is 448 g/mol. The highest BCUT2D eigenvalue weighted by atomic mass is 32.2. The number of likely N-dealkylation sites (tertiary alicyclic amines) is 1. The van der Waals surface area contributed by atoms with Crippen LogP contribution >= 0.6 is 11.8 Å². The second-order valence-corrected chi connectivity index (χ2v) is 10.2. The third-order valence-corrected chi connectivity index (χ3v) is 7.93. The summed E-state index contributed by atoms with van der Waals surface area (Å²) in [4.78, 5) is 19.7. The second kappa shape index (κ2) is 15.4. The molecule has 2 unspecified atom stereocenters. The molecule has 8 heteroatoms. The molecule has 3 aliphatic rings. The van der Waals surface area contributed by atoms with Crippen molar-refractivity contribution in [2.45, 2.75) is 50.2 Å². The number of aliphatic imine (C=N–C) groups is 1. The molecule has 3 rings (SSSR count). The molecule has 2 atom stereocenters. The van der Waals surface area contributed by atoms with E-state index >= 15 is 0 Å². The third-order valence-electron chi connectivity index (χ3n) is 6.96. The van der Waals surface area contributed by atoms with Crippen LogP contribution in [0.15, 0.2) is 40.8 Å². The van der Waals surface area contributed by atoms with Crippen LogP contribution in [0.2, 0.25) is 0 Å². The van der Waals surface area contributed by atoms with E-state index < -0.39 is 0 Å². The summed E-state index contributed by atoms with van der Waals surface area (Å²) in [5.74, 6) is 0.426. The number of aliphatic hydroxyl groups excluding tert-OH is 1. The lowest BCUT2D eigenvalue weighted by Crippen LogP contribution is -2.42. The molecule has 1 saturated carbocycles. The Balaban J connectivity index is 0.00000199. The molecule has 0 radical (unpaired) electrons. The summed E-state index contributed by atoms with van der Waals surface area (Å²) in [6, 6.07) is 0. The zero-order chi connectivity index (χ0) is 24.8. The summed E-state index contributed by atoms with van der Waals surface area (Å²) in [5.41, 5.74) is 1.86. The number of hydrogen-bond acceptors (Lipinski definition) is 7. The Morgan fingerprint density at radius 2 is 2.03 bits per heavy atom. The van der Waals surface area contributed by atoms with Gasteiger partial charge in [0.05, 0.1) is 19.1 Å². The SMILES string of the molecule is C=N/C(=C\C=C/CCOCCNC)NC(=O)C1CCC(SC)C=C1N1CCC2(CC1)CC2.CO. The summed E-state index contributed by atoms with van der Waals surface area (Å²) >= 11 is 1.88. The lowest BCUT2D eigenvalue weighted by Gasteiger charge is -2.40. The molecule has 0 aromatic rings. The molecule has 1 spiro atoms. The van der Waals surface area contributed by atoms with Crippen LogP contribution in [0.1, 0.15) is 44.9 Å². The van der Waals surface area contributed by atoms with E-state index in [1.165, 1.54) is 31.4 Å². The van der Waals surface area contributed by atoms with Crippen molar-refractivity contribution in [3.05, 3.63) is 35.8 Å². The Kier molecular flexibility index (Phi) is 13.0. The number of rotatable bonds is 12. The molecule has 0 aromatic heterocycles. The van der Waals surface area contributed by atoms with Gasteiger partial charge in [0.2, 0.25) is 5.91 Å². The van der Waals surface area contributed by atoms with Gasteiger partial charge in [0, 0.05) is 37.7 Å². The zero-order valence-corrected chi connectivity index (χ0v) is 22.0. The summed E-state index contributed by atoms with van der Waals surface area (Å²) in [7, 11) is 2.91. The molecule has 34 heavy (non-hydrogen) atoms. The first-order valence-electron chi connectivity index (χ1n) is 12.4. The molecule has 2 fully saturated rings. The number of likely N-dealkylation sites (N-methyl/N-ethyl adjacent to an activating group) is 1. The topological polar surface area (TPSA) is 86.2 Å². The molecule has 7 nitrogen and oxygen atoms in total. The van der Waals surface area contributed by atoms with E-state index in [2.05, 4.69) is 39.6 Å². The molecule has 2 aliphatic carbocycles. The standard InChI is InChI=1S/C25H40N4O2S.CH4O/c1-26-14-18-31-17-6-4-5-7-23(27-2)28-24(30)21-9-8-20(32-3)19-22(21)29-15-12-25(10-11-25)13-16-29;1-2/h4-5,7,19-21,26H,2,6,8-18H2,1,3H3,(H,28,30);2H,1H3/b5-4-,23-7+;. The first-order chi connectivity index (χ1) is 16.6. The summed E-state index contributed by atoms with van der Waals surface area (Å²) in [6.45, 7) is 8.05. The van der Waals surface area contributed by atoms with Crippen LogP contribution in [-0.2, 0) is 9.53 Å². The van der Waals surface area contributed by atoms with Crippen LogP contribution in [0, 0.1) is 11.3 Å². The highest BCUT2D eigenvalue weighted by molar-refractivity contribution is 7.99. The Bertz CT molecular complexity index is 724. The Morgan fingerprint density at radius 1 is 1.29 bits per heavy atom. The average molecular weight is 493 g/mol. The van der Waals surface area contributed by atoms with Crippen molar-refractivity contribution < 1.29 is 14.6 Å². The highest BCUT2D eigenvalue weighted by Gasteiger charge is 2.45. The number of carbonyl (C=O) groups is 1. The van der Waals surface area contributed by atoms with Gasteiger partial charge in [-0.1, -0.05) is 18.2 Å². The second-order valence-electron chi connectivity index (χ2n) is 9.11. The van der Waals surface area contributed by atoms with Crippen molar-refractivity contribution in [1.29, 1.82) is 0 Å². The van der Waals surface area contributed by atoms with Crippen molar-refractivity contribution in [3.63, 3.8) is 0 Å². The van der Waals surface area contributed by atoms with Gasteiger partial charge >= 0.3 is 0 Å². The van der Waals surface area contributed by atoms with Gasteiger partial charge in [0.25, 0.3) is 0 Å². The van der Waals surface area contributed by atoms with Gasteiger partial charge in [-0.25, -0.2) is 4.99 Å². The fourth-order valence-electron chi connectivity index (χ4n) is 4.59. The predicted octanol–water partition coefficient (Wildman–Crippen LogP) is 3.34. The number of ether oxygens (including phenoxy) is 1. The highest BCUT2D eigenvalue weighted by Crippen LogP contribution is 2.54. The van der Waals surface area contributed by atoms with Crippen LogP contribution in [0.3, 0.4) is 0 Å². The molecule has 1 heterocycles. The maximum absolute atomic E-state index is 13.2. The van der Waals surface area contributed by atoms with E-state index in [9.17, 15) is 4.79 Å². The Labute approximate surface area is 210 Å². The van der Waals surface area contributed by atoms with Crippen molar-refractivity contribution in [2.24, 2.45) is 16.3 Å². The van der Waals surface area contributed by atoms with Crippen LogP contribution in [0.25, 0.3) is 0 Å². The van der Waals surface area contributed by atoms with E-state index in [0.717, 1.165) is 46.0 Å². The Morgan fingerprint density at radius 3 is 2.65 bits per heavy atom.